The van der Waals surface area contributed by atoms with Gasteiger partial charge in [0.25, 0.3) is 15.7 Å². The summed E-state index contributed by atoms with van der Waals surface area (Å²) >= 11 is 0. The summed E-state index contributed by atoms with van der Waals surface area (Å²) in [7, 11) is -6.77. The van der Waals surface area contributed by atoms with E-state index in [1.54, 1.807) is 26.1 Å². The Labute approximate surface area is 244 Å². The van der Waals surface area contributed by atoms with Crippen LogP contribution in [-0.2, 0) is 37.8 Å². The maximum absolute atomic E-state index is 13.9. The molecule has 224 valence electrons. The Kier molecular flexibility index (Phi) is 8.25. The molecule has 1 fully saturated rings. The third-order valence-electron chi connectivity index (χ3n) is 7.06. The van der Waals surface area contributed by atoms with Crippen LogP contribution in [0.3, 0.4) is 0 Å². The van der Waals surface area contributed by atoms with Crippen molar-refractivity contribution in [2.45, 2.75) is 62.5 Å². The number of aromatic amines is 1. The summed E-state index contributed by atoms with van der Waals surface area (Å²) in [6.07, 6.45) is 0.830. The van der Waals surface area contributed by atoms with Crippen LogP contribution in [0.1, 0.15) is 44.4 Å². The van der Waals surface area contributed by atoms with Gasteiger partial charge < -0.3 is 9.72 Å². The molecule has 0 saturated carbocycles. The fraction of sp³-hybridized carbons (Fsp3) is 0.393. The van der Waals surface area contributed by atoms with Gasteiger partial charge in [0.1, 0.15) is 23.3 Å². The van der Waals surface area contributed by atoms with E-state index in [0.717, 1.165) is 16.3 Å². The Morgan fingerprint density at radius 2 is 1.76 bits per heavy atom. The van der Waals surface area contributed by atoms with Crippen LogP contribution in [0.15, 0.2) is 57.1 Å². The first-order valence-electron chi connectivity index (χ1n) is 13.7. The number of aryl methyl sites for hydroxylation is 3. The molecule has 1 atom stereocenters. The highest BCUT2D eigenvalue weighted by Crippen LogP contribution is 2.35. The minimum atomic E-state index is -4.22. The van der Waals surface area contributed by atoms with Crippen molar-refractivity contribution in [2.24, 2.45) is 7.05 Å². The lowest BCUT2D eigenvalue weighted by Gasteiger charge is -2.24. The van der Waals surface area contributed by atoms with Crippen LogP contribution in [0.4, 0.5) is 0 Å². The van der Waals surface area contributed by atoms with Crippen molar-refractivity contribution >= 4 is 31.2 Å². The van der Waals surface area contributed by atoms with Crippen molar-refractivity contribution in [3.05, 3.63) is 64.1 Å². The predicted molar refractivity (Wildman–Crippen MR) is 156 cm³/mol. The fourth-order valence-corrected chi connectivity index (χ4v) is 7.77. The summed E-state index contributed by atoms with van der Waals surface area (Å²) in [6, 6.07) is 10.4. The van der Waals surface area contributed by atoms with Crippen molar-refractivity contribution in [3.8, 4) is 17.1 Å². The highest BCUT2D eigenvalue weighted by Gasteiger charge is 2.39. The first kappa shape index (κ1) is 29.9. The summed E-state index contributed by atoms with van der Waals surface area (Å²) in [6.45, 7) is 5.98. The zero-order valence-electron chi connectivity index (χ0n) is 23.8. The van der Waals surface area contributed by atoms with E-state index < -0.39 is 31.9 Å². The van der Waals surface area contributed by atoms with Gasteiger partial charge in [-0.1, -0.05) is 31.0 Å². The lowest BCUT2D eigenvalue weighted by molar-refractivity contribution is 0.128. The molecule has 1 aliphatic heterocycles. The topological polar surface area (TPSA) is 154 Å². The lowest BCUT2D eigenvalue weighted by Crippen LogP contribution is -2.38. The van der Waals surface area contributed by atoms with Crippen LogP contribution in [0.2, 0.25) is 0 Å². The summed E-state index contributed by atoms with van der Waals surface area (Å²) in [5.41, 5.74) is 2.14. The minimum absolute atomic E-state index is 0.0519. The summed E-state index contributed by atoms with van der Waals surface area (Å²) in [5, 5.41) is 4.44. The van der Waals surface area contributed by atoms with E-state index in [9.17, 15) is 21.6 Å². The number of aromatic nitrogens is 4. The Hall–Kier alpha value is -3.59. The quantitative estimate of drug-likeness (QED) is 0.264. The van der Waals surface area contributed by atoms with E-state index in [4.69, 9.17) is 8.92 Å². The molecule has 0 bridgehead atoms. The molecule has 42 heavy (non-hydrogen) atoms. The average molecular weight is 616 g/mol. The molecular formula is C28H33N5O7S2. The maximum atomic E-state index is 13.9. The van der Waals surface area contributed by atoms with E-state index in [1.165, 1.54) is 35.0 Å². The first-order valence-corrected chi connectivity index (χ1v) is 16.6. The number of rotatable bonds is 10. The van der Waals surface area contributed by atoms with Gasteiger partial charge in [0, 0.05) is 13.6 Å². The summed E-state index contributed by atoms with van der Waals surface area (Å²) in [4.78, 5) is 20.3. The number of hydrogen-bond acceptors (Lipinski definition) is 9. The number of benzene rings is 2. The molecule has 1 N–H and O–H groups in total. The molecule has 3 heterocycles. The molecule has 2 aromatic carbocycles. The monoisotopic (exact) mass is 615 g/mol. The van der Waals surface area contributed by atoms with Gasteiger partial charge in [-0.15, -0.1) is 0 Å². The van der Waals surface area contributed by atoms with Gasteiger partial charge in [-0.2, -0.15) is 17.8 Å². The Balaban J connectivity index is 1.55. The number of fused-ring (bicyclic) bond motifs is 1. The van der Waals surface area contributed by atoms with E-state index in [0.29, 0.717) is 41.9 Å². The molecule has 2 aromatic heterocycles. The largest absolute Gasteiger partial charge is 0.493 e. The molecule has 1 aliphatic rings. The van der Waals surface area contributed by atoms with Crippen molar-refractivity contribution in [2.75, 3.05) is 13.2 Å². The zero-order chi connectivity index (χ0) is 30.2. The van der Waals surface area contributed by atoms with E-state index in [1.807, 2.05) is 13.8 Å². The third-order valence-corrected chi connectivity index (χ3v) is 10.3. The van der Waals surface area contributed by atoms with E-state index >= 15 is 0 Å². The number of nitrogens with zero attached hydrogens (tertiary/aromatic N) is 4. The first-order chi connectivity index (χ1) is 20.0. The molecule has 14 heteroatoms. The predicted octanol–water partition coefficient (Wildman–Crippen LogP) is 3.50. The molecular weight excluding hydrogens is 582 g/mol. The van der Waals surface area contributed by atoms with Gasteiger partial charge in [0.15, 0.2) is 5.52 Å². The highest BCUT2D eigenvalue weighted by molar-refractivity contribution is 7.89. The molecule has 0 spiro atoms. The molecule has 4 aromatic rings. The van der Waals surface area contributed by atoms with Crippen molar-refractivity contribution in [1.29, 1.82) is 0 Å². The van der Waals surface area contributed by atoms with Gasteiger partial charge in [0.2, 0.25) is 10.0 Å². The number of ether oxygens (including phenoxy) is 1. The van der Waals surface area contributed by atoms with Crippen LogP contribution in [0.5, 0.6) is 5.75 Å². The van der Waals surface area contributed by atoms with Gasteiger partial charge in [-0.05, 0) is 63.4 Å². The van der Waals surface area contributed by atoms with Crippen LogP contribution < -0.4 is 10.3 Å². The average Bonchev–Trinajstić information content (AvgIpc) is 3.53. The van der Waals surface area contributed by atoms with Crippen LogP contribution >= 0.6 is 0 Å². The third kappa shape index (κ3) is 5.59. The second-order valence-corrected chi connectivity index (χ2v) is 13.6. The molecule has 12 nitrogen and oxygen atoms in total. The molecule has 0 radical (unpaired) electrons. The summed E-state index contributed by atoms with van der Waals surface area (Å²) < 4.78 is 67.5. The minimum Gasteiger partial charge on any atom is -0.493 e. The van der Waals surface area contributed by atoms with Crippen molar-refractivity contribution in [1.82, 2.24) is 24.1 Å². The Morgan fingerprint density at radius 3 is 2.45 bits per heavy atom. The number of hydrogen-bond donors (Lipinski definition) is 1. The zero-order valence-corrected chi connectivity index (χ0v) is 25.5. The molecule has 0 amide bonds. The Morgan fingerprint density at radius 1 is 1.05 bits per heavy atom. The van der Waals surface area contributed by atoms with Crippen LogP contribution in [-0.4, -0.2) is 60.3 Å². The standard InChI is InChI=1S/C28H33N5O7S2/c1-5-8-22-25-26(32(4)31-22)28(34)30-27(29-25)21-17-20(14-15-23(21)39-6-2)41(35,36)33-16-7-9-24(33)40-42(37,38)19-12-10-18(3)11-13-19/h10-15,17,24H,5-9,16H2,1-4H3,(H,29,30,34). The fourth-order valence-electron chi connectivity index (χ4n) is 5.04. The number of H-pyrrole nitrogens is 1. The highest BCUT2D eigenvalue weighted by atomic mass is 32.2. The SMILES string of the molecule is CCCc1nn(C)c2c(=O)[nH]c(-c3cc(S(=O)(=O)N4CCCC4OS(=O)(=O)c4ccc(C)cc4)ccc3OCC)nc12. The maximum Gasteiger partial charge on any atom is 0.298 e. The second kappa shape index (κ2) is 11.6. The van der Waals surface area contributed by atoms with Crippen molar-refractivity contribution in [3.63, 3.8) is 0 Å². The molecule has 1 saturated heterocycles. The van der Waals surface area contributed by atoms with Gasteiger partial charge >= 0.3 is 0 Å². The molecule has 5 rings (SSSR count). The Bertz CT molecular complexity index is 1900. The van der Waals surface area contributed by atoms with Crippen LogP contribution in [0.25, 0.3) is 22.4 Å². The van der Waals surface area contributed by atoms with E-state index in [-0.39, 0.29) is 34.1 Å². The van der Waals surface area contributed by atoms with Crippen molar-refractivity contribution < 1.29 is 25.8 Å². The van der Waals surface area contributed by atoms with Gasteiger partial charge in [-0.25, -0.2) is 17.6 Å². The normalized spacial score (nSPS) is 16.3. The van der Waals surface area contributed by atoms with Gasteiger partial charge in [-0.3, -0.25) is 9.48 Å². The number of sulfonamides is 1. The number of nitrogens with one attached hydrogen (secondary N) is 1. The smallest absolute Gasteiger partial charge is 0.298 e. The van der Waals surface area contributed by atoms with Gasteiger partial charge in [0.05, 0.1) is 27.7 Å². The second-order valence-electron chi connectivity index (χ2n) is 10.1. The molecule has 0 aliphatic carbocycles. The lowest BCUT2D eigenvalue weighted by atomic mass is 10.1. The summed E-state index contributed by atoms with van der Waals surface area (Å²) in [5.74, 6) is 0.463. The van der Waals surface area contributed by atoms with Crippen LogP contribution in [0, 0.1) is 6.92 Å². The van der Waals surface area contributed by atoms with E-state index in [2.05, 4.69) is 15.1 Å². The molecule has 1 unspecified atom stereocenters.